The van der Waals surface area contributed by atoms with Crippen molar-refractivity contribution >= 4 is 17.3 Å². The van der Waals surface area contributed by atoms with E-state index in [1.165, 1.54) is 12.1 Å². The van der Waals surface area contributed by atoms with Gasteiger partial charge in [0.25, 0.3) is 5.69 Å². The molecular weight excluding hydrogens is 358 g/mol. The Kier molecular flexibility index (Phi) is 5.94. The molecule has 0 spiro atoms. The van der Waals surface area contributed by atoms with Gasteiger partial charge in [-0.15, -0.1) is 0 Å². The number of anilines is 1. The molecule has 2 aromatic carbocycles. The third kappa shape index (κ3) is 4.77. The zero-order valence-corrected chi connectivity index (χ0v) is 14.2. The Hall–Kier alpha value is -3.05. The molecule has 2 N–H and O–H groups in total. The fourth-order valence-electron chi connectivity index (χ4n) is 2.42. The molecule has 0 amide bonds. The first-order valence-electron chi connectivity index (χ1n) is 8.06. The van der Waals surface area contributed by atoms with Gasteiger partial charge in [0.2, 0.25) is 0 Å². The third-order valence-electron chi connectivity index (χ3n) is 3.75. The van der Waals surface area contributed by atoms with E-state index in [0.29, 0.717) is 36.4 Å². The normalized spacial score (nSPS) is 14.1. The Balaban J connectivity index is 1.65. The Morgan fingerprint density at radius 3 is 2.74 bits per heavy atom. The van der Waals surface area contributed by atoms with E-state index in [9.17, 15) is 14.9 Å². The first kappa shape index (κ1) is 18.7. The first-order chi connectivity index (χ1) is 13.1. The van der Waals surface area contributed by atoms with Crippen molar-refractivity contribution < 1.29 is 29.3 Å². The molecule has 0 saturated carbocycles. The summed E-state index contributed by atoms with van der Waals surface area (Å²) in [6.45, 7) is 0.494. The lowest BCUT2D eigenvalue weighted by molar-refractivity contribution is -0.455. The lowest BCUT2D eigenvalue weighted by atomic mass is 10.1. The van der Waals surface area contributed by atoms with Gasteiger partial charge in [0.05, 0.1) is 22.7 Å². The first-order valence-corrected chi connectivity index (χ1v) is 8.06. The van der Waals surface area contributed by atoms with E-state index in [-0.39, 0.29) is 16.8 Å². The Bertz CT molecular complexity index is 837. The van der Waals surface area contributed by atoms with Gasteiger partial charge in [0.1, 0.15) is 18.6 Å². The van der Waals surface area contributed by atoms with Gasteiger partial charge < -0.3 is 15.3 Å². The quantitative estimate of drug-likeness (QED) is 0.552. The summed E-state index contributed by atoms with van der Waals surface area (Å²) in [5, 5.41) is 24.0. The van der Waals surface area contributed by atoms with Gasteiger partial charge in [0, 0.05) is 18.3 Å². The summed E-state index contributed by atoms with van der Waals surface area (Å²) in [5.41, 5.74) is 1.67. The average molecular weight is 375 g/mol. The van der Waals surface area contributed by atoms with Crippen molar-refractivity contribution in [1.82, 2.24) is 5.39 Å². The molecule has 1 aliphatic heterocycles. The largest absolute Gasteiger partial charge is 0.391 e. The zero-order valence-electron chi connectivity index (χ0n) is 14.2. The number of benzene rings is 2. The van der Waals surface area contributed by atoms with E-state index >= 15 is 0 Å². The lowest BCUT2D eigenvalue weighted by Crippen LogP contribution is -2.22. The minimum absolute atomic E-state index is 0.139. The predicted octanol–water partition coefficient (Wildman–Crippen LogP) is 1.95. The van der Waals surface area contributed by atoms with Crippen LogP contribution in [0.1, 0.15) is 21.5 Å². The van der Waals surface area contributed by atoms with Crippen LogP contribution in [0.4, 0.5) is 11.4 Å². The molecule has 10 heteroatoms. The lowest BCUT2D eigenvalue weighted by Gasteiger charge is -2.12. The number of hydrogen-bond donors (Lipinski definition) is 2. The third-order valence-corrected chi connectivity index (χ3v) is 3.75. The van der Waals surface area contributed by atoms with Crippen LogP contribution in [0.25, 0.3) is 0 Å². The van der Waals surface area contributed by atoms with E-state index in [2.05, 4.69) is 5.32 Å². The molecule has 1 aliphatic rings. The fourth-order valence-corrected chi connectivity index (χ4v) is 2.42. The summed E-state index contributed by atoms with van der Waals surface area (Å²) < 4.78 is 0. The van der Waals surface area contributed by atoms with Gasteiger partial charge in [-0.1, -0.05) is 12.1 Å². The SMILES string of the molecule is O=C(ON1OCCO1)c1cccc(NCc2ccc(CO)c([N+](=O)[O-])c2)c1. The van der Waals surface area contributed by atoms with Crippen LogP contribution in [0.15, 0.2) is 42.5 Å². The highest BCUT2D eigenvalue weighted by atomic mass is 17.2. The number of carbonyl (C=O) groups excluding carboxylic acids is 1. The van der Waals surface area contributed by atoms with Gasteiger partial charge in [-0.25, -0.2) is 14.5 Å². The highest BCUT2D eigenvalue weighted by molar-refractivity contribution is 5.90. The van der Waals surface area contributed by atoms with Crippen LogP contribution in [0.3, 0.4) is 0 Å². The number of rotatable bonds is 7. The number of hydrogen-bond acceptors (Lipinski definition) is 9. The number of nitro benzene ring substituents is 1. The second-order valence-electron chi connectivity index (χ2n) is 5.58. The van der Waals surface area contributed by atoms with Gasteiger partial charge in [-0.2, -0.15) is 0 Å². The molecule has 1 fully saturated rings. The van der Waals surface area contributed by atoms with Gasteiger partial charge in [-0.05, 0) is 29.8 Å². The standard InChI is InChI=1S/C17H17N3O7/c21-11-14-5-4-12(8-16(14)19(23)24)10-18-15-3-1-2-13(9-15)17(22)27-20-25-6-7-26-20/h1-5,8-9,18,21H,6-7,10-11H2. The van der Waals surface area contributed by atoms with Crippen LogP contribution < -0.4 is 5.32 Å². The maximum absolute atomic E-state index is 12.1. The van der Waals surface area contributed by atoms with Gasteiger partial charge in [0.15, 0.2) is 0 Å². The summed E-state index contributed by atoms with van der Waals surface area (Å²) in [4.78, 5) is 37.3. The number of nitrogens with one attached hydrogen (secondary N) is 1. The molecule has 27 heavy (non-hydrogen) atoms. The number of aliphatic hydroxyl groups is 1. The number of aliphatic hydroxyl groups excluding tert-OH is 1. The summed E-state index contributed by atoms with van der Waals surface area (Å²) in [7, 11) is 0. The molecule has 0 radical (unpaired) electrons. The van der Waals surface area contributed by atoms with E-state index < -0.39 is 17.5 Å². The predicted molar refractivity (Wildman–Crippen MR) is 91.9 cm³/mol. The fraction of sp³-hybridized carbons (Fsp3) is 0.235. The maximum atomic E-state index is 12.1. The molecule has 3 rings (SSSR count). The number of nitro groups is 1. The number of nitrogens with zero attached hydrogens (tertiary/aromatic N) is 2. The van der Waals surface area contributed by atoms with Crippen LogP contribution in [0, 0.1) is 10.1 Å². The highest BCUT2D eigenvalue weighted by Crippen LogP contribution is 2.21. The molecule has 0 unspecified atom stereocenters. The Morgan fingerprint density at radius 1 is 1.26 bits per heavy atom. The van der Waals surface area contributed by atoms with E-state index in [1.807, 2.05) is 0 Å². The topological polar surface area (TPSA) is 123 Å². The second kappa shape index (κ2) is 8.56. The van der Waals surface area contributed by atoms with E-state index in [1.54, 1.807) is 30.3 Å². The van der Waals surface area contributed by atoms with Crippen molar-refractivity contribution in [3.63, 3.8) is 0 Å². The second-order valence-corrected chi connectivity index (χ2v) is 5.58. The van der Waals surface area contributed by atoms with Crippen LogP contribution in [-0.4, -0.2) is 34.6 Å². The van der Waals surface area contributed by atoms with Crippen molar-refractivity contribution in [3.05, 3.63) is 69.3 Å². The molecule has 0 atom stereocenters. The summed E-state index contributed by atoms with van der Waals surface area (Å²) in [5.74, 6) is -0.650. The summed E-state index contributed by atoms with van der Waals surface area (Å²) in [6.07, 6.45) is 0. The zero-order chi connectivity index (χ0) is 19.2. The van der Waals surface area contributed by atoms with E-state index in [0.717, 1.165) is 0 Å². The van der Waals surface area contributed by atoms with Crippen molar-refractivity contribution in [2.45, 2.75) is 13.2 Å². The van der Waals surface area contributed by atoms with Crippen molar-refractivity contribution in [2.24, 2.45) is 0 Å². The highest BCUT2D eigenvalue weighted by Gasteiger charge is 2.20. The minimum Gasteiger partial charge on any atom is -0.391 e. The van der Waals surface area contributed by atoms with Crippen molar-refractivity contribution in [3.8, 4) is 0 Å². The number of carbonyl (C=O) groups is 1. The Morgan fingerprint density at radius 2 is 2.04 bits per heavy atom. The minimum atomic E-state index is -0.650. The molecular formula is C17H17N3O7. The van der Waals surface area contributed by atoms with Gasteiger partial charge in [-0.3, -0.25) is 10.1 Å². The average Bonchev–Trinajstić information content (AvgIpc) is 3.19. The smallest absolute Gasteiger partial charge is 0.362 e. The van der Waals surface area contributed by atoms with Crippen LogP contribution in [-0.2, 0) is 27.7 Å². The Labute approximate surface area is 153 Å². The van der Waals surface area contributed by atoms with Crippen LogP contribution in [0.5, 0.6) is 0 Å². The summed E-state index contributed by atoms with van der Waals surface area (Å²) in [6, 6.07) is 11.2. The molecule has 142 valence electrons. The molecule has 1 heterocycles. The van der Waals surface area contributed by atoms with Crippen molar-refractivity contribution in [1.29, 1.82) is 0 Å². The molecule has 2 aromatic rings. The maximum Gasteiger partial charge on any atom is 0.362 e. The summed E-state index contributed by atoms with van der Waals surface area (Å²) >= 11 is 0. The molecule has 1 saturated heterocycles. The molecule has 0 aliphatic carbocycles. The van der Waals surface area contributed by atoms with Crippen LogP contribution >= 0.6 is 0 Å². The van der Waals surface area contributed by atoms with Gasteiger partial charge >= 0.3 is 5.97 Å². The monoisotopic (exact) mass is 375 g/mol. The van der Waals surface area contributed by atoms with Crippen LogP contribution in [0.2, 0.25) is 0 Å². The molecule has 10 nitrogen and oxygen atoms in total. The molecule has 0 bridgehead atoms. The van der Waals surface area contributed by atoms with E-state index in [4.69, 9.17) is 19.6 Å². The molecule has 0 aromatic heterocycles. The van der Waals surface area contributed by atoms with Crippen molar-refractivity contribution in [2.75, 3.05) is 18.5 Å².